The van der Waals surface area contributed by atoms with Crippen LogP contribution in [0.4, 0.5) is 13.2 Å². The monoisotopic (exact) mass is 438 g/mol. The maximum atomic E-state index is 13.3. The van der Waals surface area contributed by atoms with Crippen molar-refractivity contribution in [3.05, 3.63) is 70.4 Å². The van der Waals surface area contributed by atoms with E-state index in [2.05, 4.69) is 5.10 Å². The molecule has 0 radical (unpaired) electrons. The van der Waals surface area contributed by atoms with Crippen molar-refractivity contribution in [2.24, 2.45) is 0 Å². The summed E-state index contributed by atoms with van der Waals surface area (Å²) in [6, 6.07) is 11.3. The Morgan fingerprint density at radius 2 is 1.63 bits per heavy atom. The minimum atomic E-state index is -4.73. The number of aromatic nitrogens is 2. The van der Waals surface area contributed by atoms with Gasteiger partial charge in [-0.3, -0.25) is 0 Å². The summed E-state index contributed by atoms with van der Waals surface area (Å²) >= 11 is 5.69. The number of ether oxygens (including phenoxy) is 2. The molecule has 3 aromatic rings. The lowest BCUT2D eigenvalue weighted by Crippen LogP contribution is -2.15. The first-order chi connectivity index (χ1) is 14.2. The Labute approximate surface area is 173 Å². The largest absolute Gasteiger partial charge is 0.465 e. The number of benzene rings is 2. The van der Waals surface area contributed by atoms with Crippen molar-refractivity contribution in [2.75, 3.05) is 14.2 Å². The third-order valence-corrected chi connectivity index (χ3v) is 4.53. The molecule has 0 aliphatic rings. The van der Waals surface area contributed by atoms with Gasteiger partial charge in [0.05, 0.1) is 30.5 Å². The predicted molar refractivity (Wildman–Crippen MR) is 102 cm³/mol. The third-order valence-electron chi connectivity index (χ3n) is 4.20. The second-order valence-corrected chi connectivity index (χ2v) is 6.40. The van der Waals surface area contributed by atoms with Crippen LogP contribution in [0.5, 0.6) is 0 Å². The van der Waals surface area contributed by atoms with Crippen LogP contribution in [0.1, 0.15) is 26.4 Å². The van der Waals surface area contributed by atoms with Crippen LogP contribution in [0.3, 0.4) is 0 Å². The van der Waals surface area contributed by atoms with Crippen LogP contribution in [-0.4, -0.2) is 35.9 Å². The van der Waals surface area contributed by atoms with E-state index in [1.54, 1.807) is 30.3 Å². The summed E-state index contributed by atoms with van der Waals surface area (Å²) in [6.45, 7) is 0. The molecule has 30 heavy (non-hydrogen) atoms. The second-order valence-electron chi connectivity index (χ2n) is 6.00. The third kappa shape index (κ3) is 3.88. The van der Waals surface area contributed by atoms with Crippen molar-refractivity contribution in [2.45, 2.75) is 6.18 Å². The molecule has 0 N–H and O–H groups in total. The number of carbonyl (C=O) groups is 2. The summed E-state index contributed by atoms with van der Waals surface area (Å²) in [6.07, 6.45) is -4.73. The molecular formula is C20H14ClF3N2O4. The highest BCUT2D eigenvalue weighted by Crippen LogP contribution is 2.38. The van der Waals surface area contributed by atoms with Gasteiger partial charge in [0.2, 0.25) is 0 Å². The Kier molecular flexibility index (Phi) is 5.84. The van der Waals surface area contributed by atoms with E-state index in [-0.39, 0.29) is 22.5 Å². The maximum Gasteiger partial charge on any atom is 0.417 e. The smallest absolute Gasteiger partial charge is 0.417 e. The van der Waals surface area contributed by atoms with Crippen LogP contribution < -0.4 is 0 Å². The van der Waals surface area contributed by atoms with Gasteiger partial charge in [0.25, 0.3) is 0 Å². The molecule has 0 aliphatic carbocycles. The molecule has 3 rings (SSSR count). The zero-order chi connectivity index (χ0) is 22.1. The lowest BCUT2D eigenvalue weighted by atomic mass is 10.0. The Morgan fingerprint density at radius 3 is 2.20 bits per heavy atom. The zero-order valence-electron chi connectivity index (χ0n) is 15.7. The summed E-state index contributed by atoms with van der Waals surface area (Å²) in [5.74, 6) is -1.88. The molecule has 0 spiro atoms. The molecule has 0 saturated heterocycles. The topological polar surface area (TPSA) is 70.4 Å². The van der Waals surface area contributed by atoms with Crippen molar-refractivity contribution in [1.82, 2.24) is 9.78 Å². The quantitative estimate of drug-likeness (QED) is 0.548. The number of rotatable bonds is 4. The van der Waals surface area contributed by atoms with Crippen molar-refractivity contribution >= 4 is 23.5 Å². The van der Waals surface area contributed by atoms with E-state index in [4.69, 9.17) is 21.1 Å². The van der Waals surface area contributed by atoms with Crippen LogP contribution in [0.2, 0.25) is 5.02 Å². The first-order valence-corrected chi connectivity index (χ1v) is 8.79. The summed E-state index contributed by atoms with van der Waals surface area (Å²) in [7, 11) is 2.19. The molecule has 2 aromatic carbocycles. The molecule has 1 aromatic heterocycles. The zero-order valence-corrected chi connectivity index (χ0v) is 16.4. The van der Waals surface area contributed by atoms with E-state index in [1.165, 1.54) is 6.07 Å². The van der Waals surface area contributed by atoms with Crippen molar-refractivity contribution in [3.63, 3.8) is 0 Å². The van der Waals surface area contributed by atoms with Gasteiger partial charge in [0.1, 0.15) is 11.3 Å². The molecule has 6 nitrogen and oxygen atoms in total. The number of methoxy groups -OCH3 is 2. The standard InChI is InChI=1S/C20H14ClF3N2O4/c1-29-18(27)15-16(11-8-9-14(21)13(10-11)20(22,23)24)25-26(17(15)19(28)30-2)12-6-4-3-5-7-12/h3-10H,1-2H3. The van der Waals surface area contributed by atoms with E-state index in [0.29, 0.717) is 5.69 Å². The number of hydrogen-bond acceptors (Lipinski definition) is 5. The van der Waals surface area contributed by atoms with Gasteiger partial charge >= 0.3 is 18.1 Å². The fourth-order valence-corrected chi connectivity index (χ4v) is 3.07. The molecule has 0 fully saturated rings. The minimum absolute atomic E-state index is 0.0769. The summed E-state index contributed by atoms with van der Waals surface area (Å²) in [5, 5.41) is 3.73. The number of nitrogens with zero attached hydrogens (tertiary/aromatic N) is 2. The fourth-order valence-electron chi connectivity index (χ4n) is 2.85. The number of carbonyl (C=O) groups excluding carboxylic acids is 2. The van der Waals surface area contributed by atoms with Gasteiger partial charge in [0, 0.05) is 5.56 Å². The van der Waals surface area contributed by atoms with Gasteiger partial charge in [-0.2, -0.15) is 18.3 Å². The average molecular weight is 439 g/mol. The number of hydrogen-bond donors (Lipinski definition) is 0. The summed E-state index contributed by atoms with van der Waals surface area (Å²) in [5.41, 5.74) is -1.59. The fraction of sp³-hybridized carbons (Fsp3) is 0.150. The molecule has 0 aliphatic heterocycles. The van der Waals surface area contributed by atoms with Gasteiger partial charge < -0.3 is 9.47 Å². The van der Waals surface area contributed by atoms with Crippen LogP contribution in [-0.2, 0) is 15.7 Å². The van der Waals surface area contributed by atoms with Crippen LogP contribution >= 0.6 is 11.6 Å². The molecule has 0 amide bonds. The lowest BCUT2D eigenvalue weighted by molar-refractivity contribution is -0.137. The molecule has 0 saturated carbocycles. The highest BCUT2D eigenvalue weighted by molar-refractivity contribution is 6.31. The number of halogens is 4. The predicted octanol–water partition coefficient (Wildman–Crippen LogP) is 4.78. The second kappa shape index (κ2) is 8.19. The van der Waals surface area contributed by atoms with Crippen LogP contribution in [0, 0.1) is 0 Å². The number of para-hydroxylation sites is 1. The van der Waals surface area contributed by atoms with E-state index in [0.717, 1.165) is 31.0 Å². The number of alkyl halides is 3. The summed E-state index contributed by atoms with van der Waals surface area (Å²) < 4.78 is 50.6. The minimum Gasteiger partial charge on any atom is -0.465 e. The van der Waals surface area contributed by atoms with Gasteiger partial charge in [-0.25, -0.2) is 14.3 Å². The molecule has 0 atom stereocenters. The molecule has 10 heteroatoms. The highest BCUT2D eigenvalue weighted by Gasteiger charge is 2.35. The van der Waals surface area contributed by atoms with Gasteiger partial charge in [-0.05, 0) is 24.3 Å². The van der Waals surface area contributed by atoms with E-state index in [9.17, 15) is 22.8 Å². The SMILES string of the molecule is COC(=O)c1c(-c2ccc(Cl)c(C(F)(F)F)c2)nn(-c2ccccc2)c1C(=O)OC. The average Bonchev–Trinajstić information content (AvgIpc) is 3.13. The normalized spacial score (nSPS) is 11.3. The van der Waals surface area contributed by atoms with E-state index in [1.807, 2.05) is 0 Å². The summed E-state index contributed by atoms with van der Waals surface area (Å²) in [4.78, 5) is 25.0. The van der Waals surface area contributed by atoms with Gasteiger partial charge in [0.15, 0.2) is 5.69 Å². The van der Waals surface area contributed by atoms with Crippen LogP contribution in [0.25, 0.3) is 16.9 Å². The van der Waals surface area contributed by atoms with E-state index < -0.39 is 28.7 Å². The van der Waals surface area contributed by atoms with Crippen molar-refractivity contribution in [3.8, 4) is 16.9 Å². The Hall–Kier alpha value is -3.33. The van der Waals surface area contributed by atoms with Gasteiger partial charge in [-0.15, -0.1) is 0 Å². The molecule has 1 heterocycles. The Balaban J connectivity index is 2.37. The molecule has 0 bridgehead atoms. The first kappa shape index (κ1) is 21.4. The maximum absolute atomic E-state index is 13.3. The van der Waals surface area contributed by atoms with Crippen molar-refractivity contribution in [1.29, 1.82) is 0 Å². The van der Waals surface area contributed by atoms with Crippen molar-refractivity contribution < 1.29 is 32.2 Å². The highest BCUT2D eigenvalue weighted by atomic mass is 35.5. The molecule has 156 valence electrons. The molecule has 0 unspecified atom stereocenters. The van der Waals surface area contributed by atoms with Gasteiger partial charge in [-0.1, -0.05) is 35.9 Å². The molecular weight excluding hydrogens is 425 g/mol. The van der Waals surface area contributed by atoms with Crippen LogP contribution in [0.15, 0.2) is 48.5 Å². The number of esters is 2. The first-order valence-electron chi connectivity index (χ1n) is 8.41. The Bertz CT molecular complexity index is 1110. The van der Waals surface area contributed by atoms with E-state index >= 15 is 0 Å². The lowest BCUT2D eigenvalue weighted by Gasteiger charge is -2.10. The Morgan fingerprint density at radius 1 is 1.00 bits per heavy atom.